The van der Waals surface area contributed by atoms with Gasteiger partial charge in [-0.05, 0) is 57.0 Å². The van der Waals surface area contributed by atoms with Gasteiger partial charge in [-0.1, -0.05) is 41.4 Å². The van der Waals surface area contributed by atoms with Gasteiger partial charge in [-0.25, -0.2) is 4.68 Å². The third-order valence-electron chi connectivity index (χ3n) is 5.20. The Bertz CT molecular complexity index is 1330. The Hall–Kier alpha value is -3.16. The van der Waals surface area contributed by atoms with Crippen molar-refractivity contribution >= 4 is 50.7 Å². The number of hydrogen-bond donors (Lipinski definition) is 2. The van der Waals surface area contributed by atoms with E-state index in [-0.39, 0.29) is 18.4 Å². The van der Waals surface area contributed by atoms with E-state index in [0.29, 0.717) is 9.90 Å². The Morgan fingerprint density at radius 1 is 1.06 bits per heavy atom. The first-order chi connectivity index (χ1) is 15.2. The highest BCUT2D eigenvalue weighted by atomic mass is 35.5. The maximum atomic E-state index is 12.7. The van der Waals surface area contributed by atoms with Crippen molar-refractivity contribution in [3.8, 4) is 5.69 Å². The van der Waals surface area contributed by atoms with Crippen molar-refractivity contribution in [1.82, 2.24) is 15.1 Å². The van der Waals surface area contributed by atoms with Crippen LogP contribution in [0.25, 0.3) is 15.9 Å². The van der Waals surface area contributed by atoms with Gasteiger partial charge in [0.05, 0.1) is 27.8 Å². The first kappa shape index (κ1) is 22.0. The van der Waals surface area contributed by atoms with Crippen LogP contribution in [0.4, 0.5) is 5.69 Å². The normalized spacial score (nSPS) is 11.0. The van der Waals surface area contributed by atoms with Crippen molar-refractivity contribution < 1.29 is 9.59 Å². The third-order valence-corrected chi connectivity index (χ3v) is 6.63. The van der Waals surface area contributed by atoms with E-state index < -0.39 is 0 Å². The Labute approximate surface area is 195 Å². The molecule has 0 aliphatic carbocycles. The lowest BCUT2D eigenvalue weighted by atomic mass is 10.1. The van der Waals surface area contributed by atoms with Crippen molar-refractivity contribution in [1.29, 1.82) is 0 Å². The van der Waals surface area contributed by atoms with Crippen LogP contribution < -0.4 is 10.6 Å². The van der Waals surface area contributed by atoms with E-state index in [1.54, 1.807) is 16.8 Å². The molecule has 0 fully saturated rings. The fourth-order valence-electron chi connectivity index (χ4n) is 3.75. The molecule has 4 aromatic rings. The SMILES string of the molecule is Cc1cc(C)c(NC(=O)CNC(=O)c2cc3c(C)nn(-c4ccccc4Cl)c3s2)c(C)c1. The van der Waals surface area contributed by atoms with E-state index in [1.807, 2.05) is 58.0 Å². The molecule has 2 heterocycles. The number of hydrogen-bond acceptors (Lipinski definition) is 4. The molecule has 0 saturated carbocycles. The number of fused-ring (bicyclic) bond motifs is 1. The largest absolute Gasteiger partial charge is 0.342 e. The standard InChI is InChI=1S/C24H23ClN4O2S/c1-13-9-14(2)22(15(3)10-13)27-21(30)12-26-23(31)20-11-17-16(4)28-29(24(17)32-20)19-8-6-5-7-18(19)25/h5-11H,12H2,1-4H3,(H,26,31)(H,27,30). The number of thiophene rings is 1. The van der Waals surface area contributed by atoms with Crippen LogP contribution in [-0.4, -0.2) is 28.1 Å². The van der Waals surface area contributed by atoms with Crippen LogP contribution in [0.1, 0.15) is 32.1 Å². The molecule has 6 nitrogen and oxygen atoms in total. The number of rotatable bonds is 5. The van der Waals surface area contributed by atoms with E-state index in [4.69, 9.17) is 11.6 Å². The number of aromatic nitrogens is 2. The van der Waals surface area contributed by atoms with Gasteiger partial charge in [-0.15, -0.1) is 11.3 Å². The Morgan fingerprint density at radius 2 is 1.75 bits per heavy atom. The number of para-hydroxylation sites is 1. The Kier molecular flexibility index (Phi) is 6.04. The molecule has 0 aliphatic rings. The molecule has 2 amide bonds. The first-order valence-corrected chi connectivity index (χ1v) is 11.3. The van der Waals surface area contributed by atoms with Gasteiger partial charge in [0.25, 0.3) is 5.91 Å². The van der Waals surface area contributed by atoms with Gasteiger partial charge in [0, 0.05) is 11.1 Å². The van der Waals surface area contributed by atoms with Crippen molar-refractivity contribution in [3.63, 3.8) is 0 Å². The highest BCUT2D eigenvalue weighted by Gasteiger charge is 2.19. The molecule has 0 aliphatic heterocycles. The molecule has 8 heteroatoms. The lowest BCUT2D eigenvalue weighted by Gasteiger charge is -2.13. The fraction of sp³-hybridized carbons (Fsp3) is 0.208. The van der Waals surface area contributed by atoms with Gasteiger partial charge in [0.2, 0.25) is 5.91 Å². The summed E-state index contributed by atoms with van der Waals surface area (Å²) < 4.78 is 1.75. The second kappa shape index (κ2) is 8.76. The van der Waals surface area contributed by atoms with Gasteiger partial charge in [0.15, 0.2) is 0 Å². The molecule has 2 N–H and O–H groups in total. The number of carbonyl (C=O) groups excluding carboxylic acids is 2. The van der Waals surface area contributed by atoms with E-state index in [2.05, 4.69) is 15.7 Å². The summed E-state index contributed by atoms with van der Waals surface area (Å²) in [6, 6.07) is 13.3. The molecule has 0 atom stereocenters. The molecular formula is C24H23ClN4O2S. The molecule has 0 bridgehead atoms. The van der Waals surface area contributed by atoms with Gasteiger partial charge in [-0.2, -0.15) is 5.10 Å². The lowest BCUT2D eigenvalue weighted by molar-refractivity contribution is -0.115. The monoisotopic (exact) mass is 466 g/mol. The number of amides is 2. The third kappa shape index (κ3) is 4.26. The molecule has 164 valence electrons. The summed E-state index contributed by atoms with van der Waals surface area (Å²) in [6.45, 7) is 7.70. The summed E-state index contributed by atoms with van der Waals surface area (Å²) in [7, 11) is 0. The average Bonchev–Trinajstić information content (AvgIpc) is 3.30. The van der Waals surface area contributed by atoms with E-state index >= 15 is 0 Å². The number of nitrogens with zero attached hydrogens (tertiary/aromatic N) is 2. The number of aryl methyl sites for hydroxylation is 4. The number of benzene rings is 2. The molecule has 0 saturated heterocycles. The molecular weight excluding hydrogens is 444 g/mol. The van der Waals surface area contributed by atoms with Crippen molar-refractivity contribution in [3.05, 3.63) is 74.7 Å². The minimum Gasteiger partial charge on any atom is -0.342 e. The summed E-state index contributed by atoms with van der Waals surface area (Å²) in [5, 5.41) is 11.6. The fourth-order valence-corrected chi connectivity index (χ4v) is 5.06. The van der Waals surface area contributed by atoms with Crippen LogP contribution in [0.15, 0.2) is 42.5 Å². The predicted molar refractivity (Wildman–Crippen MR) is 130 cm³/mol. The molecule has 0 spiro atoms. The highest BCUT2D eigenvalue weighted by Crippen LogP contribution is 2.32. The zero-order valence-electron chi connectivity index (χ0n) is 18.2. The quantitative estimate of drug-likeness (QED) is 0.416. The van der Waals surface area contributed by atoms with Crippen molar-refractivity contribution in [2.24, 2.45) is 0 Å². The van der Waals surface area contributed by atoms with Crippen molar-refractivity contribution in [2.75, 3.05) is 11.9 Å². The maximum absolute atomic E-state index is 12.7. The minimum atomic E-state index is -0.302. The molecule has 2 aromatic carbocycles. The first-order valence-electron chi connectivity index (χ1n) is 10.1. The summed E-state index contributed by atoms with van der Waals surface area (Å²) in [5.74, 6) is -0.572. The average molecular weight is 467 g/mol. The van der Waals surface area contributed by atoms with E-state index in [1.165, 1.54) is 11.3 Å². The molecule has 0 unspecified atom stereocenters. The second-order valence-electron chi connectivity index (χ2n) is 7.78. The minimum absolute atomic E-state index is 0.116. The van der Waals surface area contributed by atoms with Crippen molar-refractivity contribution in [2.45, 2.75) is 27.7 Å². The van der Waals surface area contributed by atoms with Gasteiger partial charge in [0.1, 0.15) is 4.83 Å². The Balaban J connectivity index is 1.50. The van der Waals surface area contributed by atoms with E-state index in [9.17, 15) is 9.59 Å². The van der Waals surface area contributed by atoms with Gasteiger partial charge < -0.3 is 10.6 Å². The predicted octanol–water partition coefficient (Wildman–Crippen LogP) is 5.34. The number of carbonyl (C=O) groups is 2. The topological polar surface area (TPSA) is 76.0 Å². The highest BCUT2D eigenvalue weighted by molar-refractivity contribution is 7.20. The summed E-state index contributed by atoms with van der Waals surface area (Å²) in [4.78, 5) is 26.5. The molecule has 32 heavy (non-hydrogen) atoms. The van der Waals surface area contributed by atoms with Crippen LogP contribution in [-0.2, 0) is 4.79 Å². The smallest absolute Gasteiger partial charge is 0.261 e. The maximum Gasteiger partial charge on any atom is 0.261 e. The second-order valence-corrected chi connectivity index (χ2v) is 9.22. The zero-order chi connectivity index (χ0) is 23.0. The van der Waals surface area contributed by atoms with Gasteiger partial charge >= 0.3 is 0 Å². The van der Waals surface area contributed by atoms with E-state index in [0.717, 1.165) is 44.0 Å². The summed E-state index contributed by atoms with van der Waals surface area (Å²) >= 11 is 7.66. The van der Waals surface area contributed by atoms with Gasteiger partial charge in [-0.3, -0.25) is 9.59 Å². The number of anilines is 1. The zero-order valence-corrected chi connectivity index (χ0v) is 19.8. The van der Waals surface area contributed by atoms with Crippen LogP contribution in [0.3, 0.4) is 0 Å². The summed E-state index contributed by atoms with van der Waals surface area (Å²) in [6.07, 6.45) is 0. The Morgan fingerprint density at radius 3 is 2.44 bits per heavy atom. The number of nitrogens with one attached hydrogen (secondary N) is 2. The lowest BCUT2D eigenvalue weighted by Crippen LogP contribution is -2.32. The van der Waals surface area contributed by atoms with Crippen LogP contribution in [0.2, 0.25) is 5.02 Å². The van der Waals surface area contributed by atoms with Crippen LogP contribution in [0, 0.1) is 27.7 Å². The number of halogens is 1. The van der Waals surface area contributed by atoms with Crippen LogP contribution >= 0.6 is 22.9 Å². The summed E-state index contributed by atoms with van der Waals surface area (Å²) in [5.41, 5.74) is 5.47. The molecule has 4 rings (SSSR count). The molecule has 2 aromatic heterocycles. The van der Waals surface area contributed by atoms with Crippen LogP contribution in [0.5, 0.6) is 0 Å². The molecule has 0 radical (unpaired) electrons.